The van der Waals surface area contributed by atoms with Gasteiger partial charge in [0.25, 0.3) is 0 Å². The zero-order valence-electron chi connectivity index (χ0n) is 12.2. The molecule has 4 rings (SSSR count). The first-order valence-corrected chi connectivity index (χ1v) is 7.22. The molecule has 0 saturated heterocycles. The molecular weight excluding hydrogens is 255 g/mol. The van der Waals surface area contributed by atoms with E-state index in [1.54, 1.807) is 0 Å². The predicted molar refractivity (Wildman–Crippen MR) is 88.0 cm³/mol. The van der Waals surface area contributed by atoms with Crippen molar-refractivity contribution in [1.29, 1.82) is 0 Å². The van der Waals surface area contributed by atoms with Crippen molar-refractivity contribution in [2.75, 3.05) is 0 Å². The smallest absolute Gasteiger partial charge is 0.247 e. The standard InChI is InChI=1S/C18H15BN2/c1-12-8-15-17(20-10-12)18-16(9-13(2)11-21-18)19(15)14-6-4-3-5-7-14/h3-11H,1-2H3. The molecule has 3 heterocycles. The Morgan fingerprint density at radius 3 is 1.81 bits per heavy atom. The summed E-state index contributed by atoms with van der Waals surface area (Å²) in [5.41, 5.74) is 8.30. The Balaban J connectivity index is 2.02. The lowest BCUT2D eigenvalue weighted by Crippen LogP contribution is -2.49. The summed E-state index contributed by atoms with van der Waals surface area (Å²) >= 11 is 0. The molecule has 3 aromatic rings. The zero-order valence-corrected chi connectivity index (χ0v) is 12.2. The lowest BCUT2D eigenvalue weighted by Gasteiger charge is -2.10. The van der Waals surface area contributed by atoms with Crippen LogP contribution in [0.1, 0.15) is 11.1 Å². The third-order valence-corrected chi connectivity index (χ3v) is 4.09. The Bertz CT molecular complexity index is 776. The van der Waals surface area contributed by atoms with E-state index in [0.717, 1.165) is 11.4 Å². The van der Waals surface area contributed by atoms with Crippen LogP contribution in [-0.2, 0) is 0 Å². The van der Waals surface area contributed by atoms with E-state index in [0.29, 0.717) is 0 Å². The van der Waals surface area contributed by atoms with Crippen molar-refractivity contribution < 1.29 is 0 Å². The molecule has 1 aromatic carbocycles. The van der Waals surface area contributed by atoms with Gasteiger partial charge in [0.05, 0.1) is 11.4 Å². The average molecular weight is 270 g/mol. The molecule has 0 aliphatic carbocycles. The van der Waals surface area contributed by atoms with Crippen LogP contribution >= 0.6 is 0 Å². The van der Waals surface area contributed by atoms with Crippen molar-refractivity contribution in [3.63, 3.8) is 0 Å². The molecule has 0 saturated carbocycles. The predicted octanol–water partition coefficient (Wildman–Crippen LogP) is 1.59. The van der Waals surface area contributed by atoms with Crippen molar-refractivity contribution >= 4 is 23.1 Å². The molecule has 0 bridgehead atoms. The maximum atomic E-state index is 4.64. The minimum Gasteiger partial charge on any atom is -0.255 e. The Kier molecular flexibility index (Phi) is 2.68. The number of hydrogen-bond donors (Lipinski definition) is 0. The van der Waals surface area contributed by atoms with Crippen LogP contribution in [0.3, 0.4) is 0 Å². The number of hydrogen-bond acceptors (Lipinski definition) is 2. The maximum absolute atomic E-state index is 4.64. The lowest BCUT2D eigenvalue weighted by molar-refractivity contribution is 1.23. The van der Waals surface area contributed by atoms with Gasteiger partial charge in [0, 0.05) is 12.4 Å². The van der Waals surface area contributed by atoms with Gasteiger partial charge in [-0.25, -0.2) is 0 Å². The number of pyridine rings is 2. The SMILES string of the molecule is Cc1cnc2c(c1)B(c1ccccc1)c1cc(C)cnc1-2. The van der Waals surface area contributed by atoms with Crippen LogP contribution in [0.25, 0.3) is 11.4 Å². The molecule has 0 amide bonds. The second-order valence-corrected chi connectivity index (χ2v) is 5.74. The Hall–Kier alpha value is -2.42. The number of aryl methyl sites for hydroxylation is 2. The molecule has 100 valence electrons. The van der Waals surface area contributed by atoms with Crippen LogP contribution in [0.5, 0.6) is 0 Å². The molecule has 0 N–H and O–H groups in total. The quantitative estimate of drug-likeness (QED) is 0.491. The van der Waals surface area contributed by atoms with Gasteiger partial charge in [0.1, 0.15) is 0 Å². The van der Waals surface area contributed by atoms with E-state index in [2.05, 4.69) is 66.3 Å². The molecule has 0 unspecified atom stereocenters. The average Bonchev–Trinajstić information content (AvgIpc) is 2.80. The highest BCUT2D eigenvalue weighted by atomic mass is 14.8. The first kappa shape index (κ1) is 12.3. The summed E-state index contributed by atoms with van der Waals surface area (Å²) in [6, 6.07) is 15.1. The van der Waals surface area contributed by atoms with Crippen molar-refractivity contribution in [3.8, 4) is 11.4 Å². The minimum atomic E-state index is 0.246. The van der Waals surface area contributed by atoms with Gasteiger partial charge in [-0.2, -0.15) is 0 Å². The van der Waals surface area contributed by atoms with Gasteiger partial charge in [-0.05, 0) is 35.9 Å². The number of aromatic nitrogens is 2. The summed E-state index contributed by atoms with van der Waals surface area (Å²) < 4.78 is 0. The maximum Gasteiger partial charge on any atom is 0.247 e. The molecule has 3 heteroatoms. The highest BCUT2D eigenvalue weighted by molar-refractivity contribution is 6.98. The fourth-order valence-corrected chi connectivity index (χ4v) is 3.19. The minimum absolute atomic E-state index is 0.246. The third-order valence-electron chi connectivity index (χ3n) is 4.09. The molecule has 0 atom stereocenters. The molecular formula is C18H15BN2. The number of rotatable bonds is 1. The number of benzene rings is 1. The van der Waals surface area contributed by atoms with Gasteiger partial charge in [-0.15, -0.1) is 0 Å². The molecule has 0 radical (unpaired) electrons. The second kappa shape index (κ2) is 4.56. The van der Waals surface area contributed by atoms with Crippen LogP contribution in [0.15, 0.2) is 54.9 Å². The van der Waals surface area contributed by atoms with Crippen LogP contribution in [0.4, 0.5) is 0 Å². The monoisotopic (exact) mass is 270 g/mol. The van der Waals surface area contributed by atoms with Gasteiger partial charge >= 0.3 is 0 Å². The number of fused-ring (bicyclic) bond motifs is 3. The molecule has 1 aliphatic rings. The van der Waals surface area contributed by atoms with Gasteiger partial charge < -0.3 is 0 Å². The molecule has 0 fully saturated rings. The van der Waals surface area contributed by atoms with Crippen molar-refractivity contribution in [2.24, 2.45) is 0 Å². The molecule has 21 heavy (non-hydrogen) atoms. The zero-order chi connectivity index (χ0) is 14.4. The second-order valence-electron chi connectivity index (χ2n) is 5.74. The summed E-state index contributed by atoms with van der Waals surface area (Å²) in [5.74, 6) is 0. The van der Waals surface area contributed by atoms with E-state index < -0.39 is 0 Å². The summed E-state index contributed by atoms with van der Waals surface area (Å²) in [5, 5.41) is 0. The first-order chi connectivity index (χ1) is 10.2. The number of nitrogens with zero attached hydrogens (tertiary/aromatic N) is 2. The molecule has 1 aliphatic heterocycles. The first-order valence-electron chi connectivity index (χ1n) is 7.22. The van der Waals surface area contributed by atoms with Gasteiger partial charge in [0.2, 0.25) is 6.71 Å². The summed E-state index contributed by atoms with van der Waals surface area (Å²) in [7, 11) is 0. The van der Waals surface area contributed by atoms with E-state index in [4.69, 9.17) is 0 Å². The Morgan fingerprint density at radius 1 is 0.762 bits per heavy atom. The largest absolute Gasteiger partial charge is 0.255 e. The summed E-state index contributed by atoms with van der Waals surface area (Å²) in [6.45, 7) is 4.43. The highest BCUT2D eigenvalue weighted by Crippen LogP contribution is 2.19. The van der Waals surface area contributed by atoms with Crippen LogP contribution in [0.2, 0.25) is 0 Å². The normalized spacial score (nSPS) is 12.2. The van der Waals surface area contributed by atoms with Crippen LogP contribution in [0, 0.1) is 13.8 Å². The van der Waals surface area contributed by atoms with E-state index in [1.165, 1.54) is 27.5 Å². The van der Waals surface area contributed by atoms with Crippen molar-refractivity contribution in [3.05, 3.63) is 66.0 Å². The van der Waals surface area contributed by atoms with Gasteiger partial charge in [-0.1, -0.05) is 47.9 Å². The topological polar surface area (TPSA) is 25.8 Å². The third kappa shape index (κ3) is 1.89. The van der Waals surface area contributed by atoms with Crippen molar-refractivity contribution in [1.82, 2.24) is 9.97 Å². The summed E-state index contributed by atoms with van der Waals surface area (Å²) in [6.07, 6.45) is 3.86. The van der Waals surface area contributed by atoms with E-state index in [9.17, 15) is 0 Å². The lowest BCUT2D eigenvalue weighted by atomic mass is 9.39. The van der Waals surface area contributed by atoms with Crippen LogP contribution < -0.4 is 16.4 Å². The molecule has 2 nitrogen and oxygen atoms in total. The molecule has 0 spiro atoms. The Labute approximate surface area is 125 Å². The summed E-state index contributed by atoms with van der Waals surface area (Å²) in [4.78, 5) is 9.29. The van der Waals surface area contributed by atoms with Crippen molar-refractivity contribution in [2.45, 2.75) is 13.8 Å². The van der Waals surface area contributed by atoms with Gasteiger partial charge in [0.15, 0.2) is 0 Å². The Morgan fingerprint density at radius 2 is 1.29 bits per heavy atom. The van der Waals surface area contributed by atoms with E-state index >= 15 is 0 Å². The highest BCUT2D eigenvalue weighted by Gasteiger charge is 2.35. The van der Waals surface area contributed by atoms with E-state index in [1.807, 2.05) is 12.4 Å². The fourth-order valence-electron chi connectivity index (χ4n) is 3.19. The van der Waals surface area contributed by atoms with E-state index in [-0.39, 0.29) is 6.71 Å². The fraction of sp³-hybridized carbons (Fsp3) is 0.111. The van der Waals surface area contributed by atoms with Gasteiger partial charge in [-0.3, -0.25) is 9.97 Å². The molecule has 2 aromatic heterocycles. The van der Waals surface area contributed by atoms with Crippen LogP contribution in [-0.4, -0.2) is 16.7 Å².